The molecule has 2 aromatic rings. The predicted molar refractivity (Wildman–Crippen MR) is 53.7 cm³/mol. The van der Waals surface area contributed by atoms with Crippen molar-refractivity contribution in [2.45, 2.75) is 13.5 Å². The topological polar surface area (TPSA) is 71.2 Å². The third kappa shape index (κ3) is 1.69. The molecule has 15 heavy (non-hydrogen) atoms. The molecule has 5 nitrogen and oxygen atoms in total. The maximum atomic E-state index is 9.14. The van der Waals surface area contributed by atoms with Crippen LogP contribution in [0.25, 0.3) is 5.69 Å². The lowest BCUT2D eigenvalue weighted by atomic mass is 10.3. The van der Waals surface area contributed by atoms with Crippen LogP contribution < -0.4 is 0 Å². The molecule has 78 valence electrons. The van der Waals surface area contributed by atoms with Gasteiger partial charge in [0.15, 0.2) is 0 Å². The molecule has 0 saturated heterocycles. The highest BCUT2D eigenvalue weighted by atomic mass is 16.3. The second-order valence-corrected chi connectivity index (χ2v) is 3.21. The molecule has 0 atom stereocenters. The molecule has 0 unspecified atom stereocenters. The van der Waals surface area contributed by atoms with Crippen LogP contribution in [0, 0.1) is 6.92 Å². The van der Waals surface area contributed by atoms with Gasteiger partial charge in [-0.2, -0.15) is 0 Å². The number of nitrogens with zero attached hydrogens (tertiary/aromatic N) is 3. The highest BCUT2D eigenvalue weighted by Crippen LogP contribution is 2.15. The standard InChI is InChI=1S/C10H11N3O2/c1-7-10(6-14)11-12-13(7)8-2-4-9(15)5-3-8/h2-5,14-15H,6H2,1H3. The highest BCUT2D eigenvalue weighted by molar-refractivity contribution is 5.37. The second-order valence-electron chi connectivity index (χ2n) is 3.21. The Morgan fingerprint density at radius 2 is 1.93 bits per heavy atom. The number of aromatic hydroxyl groups is 1. The molecule has 1 aromatic heterocycles. The summed E-state index contributed by atoms with van der Waals surface area (Å²) < 4.78 is 1.62. The van der Waals surface area contributed by atoms with E-state index in [0.29, 0.717) is 5.69 Å². The van der Waals surface area contributed by atoms with Crippen molar-refractivity contribution >= 4 is 0 Å². The van der Waals surface area contributed by atoms with Gasteiger partial charge in [-0.05, 0) is 31.2 Å². The second kappa shape index (κ2) is 3.70. The Labute approximate surface area is 86.6 Å². The van der Waals surface area contributed by atoms with Gasteiger partial charge in [0.05, 0.1) is 18.0 Å². The van der Waals surface area contributed by atoms with Gasteiger partial charge in [0.1, 0.15) is 11.4 Å². The minimum atomic E-state index is -0.121. The summed E-state index contributed by atoms with van der Waals surface area (Å²) in [5.74, 6) is 0.207. The summed E-state index contributed by atoms with van der Waals surface area (Å²) in [7, 11) is 0. The first kappa shape index (κ1) is 9.67. The van der Waals surface area contributed by atoms with Crippen LogP contribution in [0.2, 0.25) is 0 Å². The quantitative estimate of drug-likeness (QED) is 0.759. The molecule has 0 aliphatic heterocycles. The Morgan fingerprint density at radius 3 is 2.47 bits per heavy atom. The molecule has 0 radical (unpaired) electrons. The van der Waals surface area contributed by atoms with Gasteiger partial charge >= 0.3 is 0 Å². The maximum Gasteiger partial charge on any atom is 0.115 e. The van der Waals surface area contributed by atoms with E-state index in [2.05, 4.69) is 10.3 Å². The van der Waals surface area contributed by atoms with Crippen LogP contribution in [0.5, 0.6) is 5.75 Å². The lowest BCUT2D eigenvalue weighted by molar-refractivity contribution is 0.276. The summed E-state index contributed by atoms with van der Waals surface area (Å²) in [4.78, 5) is 0. The first-order valence-corrected chi connectivity index (χ1v) is 4.54. The lowest BCUT2D eigenvalue weighted by Crippen LogP contribution is -1.99. The van der Waals surface area contributed by atoms with Gasteiger partial charge in [-0.15, -0.1) is 5.10 Å². The van der Waals surface area contributed by atoms with Crippen molar-refractivity contribution in [3.63, 3.8) is 0 Å². The van der Waals surface area contributed by atoms with Crippen molar-refractivity contribution in [3.8, 4) is 11.4 Å². The van der Waals surface area contributed by atoms with Gasteiger partial charge in [0.25, 0.3) is 0 Å². The summed E-state index contributed by atoms with van der Waals surface area (Å²) in [6, 6.07) is 6.63. The van der Waals surface area contributed by atoms with Crippen LogP contribution in [0.15, 0.2) is 24.3 Å². The van der Waals surface area contributed by atoms with Crippen molar-refractivity contribution in [1.82, 2.24) is 15.0 Å². The number of aliphatic hydroxyl groups excluding tert-OH is 1. The monoisotopic (exact) mass is 205 g/mol. The molecule has 0 bridgehead atoms. The average Bonchev–Trinajstić information content (AvgIpc) is 2.61. The Morgan fingerprint density at radius 1 is 1.27 bits per heavy atom. The van der Waals surface area contributed by atoms with Crippen molar-refractivity contribution < 1.29 is 10.2 Å². The van der Waals surface area contributed by atoms with E-state index in [4.69, 9.17) is 10.2 Å². The van der Waals surface area contributed by atoms with E-state index in [1.165, 1.54) is 0 Å². The molecule has 0 amide bonds. The van der Waals surface area contributed by atoms with Crippen LogP contribution in [-0.2, 0) is 6.61 Å². The third-order valence-corrected chi connectivity index (χ3v) is 2.23. The molecule has 5 heteroatoms. The van der Waals surface area contributed by atoms with Crippen LogP contribution in [0.3, 0.4) is 0 Å². The normalized spacial score (nSPS) is 10.5. The number of benzene rings is 1. The van der Waals surface area contributed by atoms with Gasteiger partial charge in [-0.25, -0.2) is 4.68 Å². The average molecular weight is 205 g/mol. The first-order valence-electron chi connectivity index (χ1n) is 4.54. The summed E-state index contributed by atoms with van der Waals surface area (Å²) in [5, 5.41) is 25.9. The van der Waals surface area contributed by atoms with Crippen LogP contribution in [-0.4, -0.2) is 25.2 Å². The molecule has 0 saturated carbocycles. The number of aliphatic hydroxyl groups is 1. The zero-order valence-corrected chi connectivity index (χ0v) is 8.25. The molecule has 2 rings (SSSR count). The molecular formula is C10H11N3O2. The highest BCUT2D eigenvalue weighted by Gasteiger charge is 2.08. The van der Waals surface area contributed by atoms with E-state index in [-0.39, 0.29) is 12.4 Å². The van der Waals surface area contributed by atoms with E-state index in [1.807, 2.05) is 6.92 Å². The minimum absolute atomic E-state index is 0.121. The van der Waals surface area contributed by atoms with Crippen LogP contribution in [0.1, 0.15) is 11.4 Å². The number of rotatable bonds is 2. The van der Waals surface area contributed by atoms with Gasteiger partial charge in [-0.3, -0.25) is 0 Å². The minimum Gasteiger partial charge on any atom is -0.508 e. The molecule has 0 fully saturated rings. The summed E-state index contributed by atoms with van der Waals surface area (Å²) in [6.07, 6.45) is 0. The molecule has 1 heterocycles. The van der Waals surface area contributed by atoms with Crippen molar-refractivity contribution in [2.24, 2.45) is 0 Å². The predicted octanol–water partition coefficient (Wildman–Crippen LogP) is 0.774. The number of hydrogen-bond acceptors (Lipinski definition) is 4. The largest absolute Gasteiger partial charge is 0.508 e. The number of phenolic OH excluding ortho intramolecular Hbond substituents is 1. The summed E-state index contributed by atoms with van der Waals surface area (Å²) >= 11 is 0. The Balaban J connectivity index is 2.45. The van der Waals surface area contributed by atoms with E-state index in [9.17, 15) is 0 Å². The van der Waals surface area contributed by atoms with Crippen molar-refractivity contribution in [1.29, 1.82) is 0 Å². The van der Waals surface area contributed by atoms with Gasteiger partial charge in [0, 0.05) is 0 Å². The van der Waals surface area contributed by atoms with Gasteiger partial charge in [-0.1, -0.05) is 5.21 Å². The Kier molecular flexibility index (Phi) is 2.39. The molecule has 0 spiro atoms. The summed E-state index contributed by atoms with van der Waals surface area (Å²) in [5.41, 5.74) is 2.16. The molecule has 2 N–H and O–H groups in total. The third-order valence-electron chi connectivity index (χ3n) is 2.23. The van der Waals surface area contributed by atoms with E-state index < -0.39 is 0 Å². The van der Waals surface area contributed by atoms with Crippen molar-refractivity contribution in [3.05, 3.63) is 35.7 Å². The fourth-order valence-electron chi connectivity index (χ4n) is 1.35. The van der Waals surface area contributed by atoms with E-state index >= 15 is 0 Å². The fourth-order valence-corrected chi connectivity index (χ4v) is 1.35. The molecule has 1 aromatic carbocycles. The summed E-state index contributed by atoms with van der Waals surface area (Å²) in [6.45, 7) is 1.71. The molecule has 0 aliphatic carbocycles. The number of aromatic nitrogens is 3. The number of phenols is 1. The maximum absolute atomic E-state index is 9.14. The smallest absolute Gasteiger partial charge is 0.115 e. The Bertz CT molecular complexity index is 462. The Hall–Kier alpha value is -1.88. The van der Waals surface area contributed by atoms with Crippen LogP contribution in [0.4, 0.5) is 0 Å². The zero-order valence-electron chi connectivity index (χ0n) is 8.25. The zero-order chi connectivity index (χ0) is 10.8. The van der Waals surface area contributed by atoms with Gasteiger partial charge < -0.3 is 10.2 Å². The van der Waals surface area contributed by atoms with E-state index in [1.54, 1.807) is 28.9 Å². The first-order chi connectivity index (χ1) is 7.22. The van der Waals surface area contributed by atoms with Crippen LogP contribution >= 0.6 is 0 Å². The number of hydrogen-bond donors (Lipinski definition) is 2. The van der Waals surface area contributed by atoms with E-state index in [0.717, 1.165) is 11.4 Å². The molecule has 0 aliphatic rings. The van der Waals surface area contributed by atoms with Crippen molar-refractivity contribution in [2.75, 3.05) is 0 Å². The lowest BCUT2D eigenvalue weighted by Gasteiger charge is -2.02. The SMILES string of the molecule is Cc1c(CO)nnn1-c1ccc(O)cc1. The fraction of sp³-hybridized carbons (Fsp3) is 0.200. The molecular weight excluding hydrogens is 194 g/mol. The van der Waals surface area contributed by atoms with Gasteiger partial charge in [0.2, 0.25) is 0 Å².